The van der Waals surface area contributed by atoms with E-state index in [-0.39, 0.29) is 18.0 Å². The Morgan fingerprint density at radius 2 is 2.27 bits per heavy atom. The lowest BCUT2D eigenvalue weighted by Crippen LogP contribution is -2.52. The normalized spacial score (nSPS) is 20.0. The molecule has 4 rings (SSSR count). The second kappa shape index (κ2) is 7.09. The quantitative estimate of drug-likeness (QED) is 0.738. The molecule has 8 nitrogen and oxygen atoms in total. The molecule has 8 heteroatoms. The maximum absolute atomic E-state index is 12.7. The first kappa shape index (κ1) is 16.5. The molecule has 0 aromatic carbocycles. The molecular weight excluding hydrogens is 332 g/mol. The summed E-state index contributed by atoms with van der Waals surface area (Å²) in [7, 11) is 0. The summed E-state index contributed by atoms with van der Waals surface area (Å²) in [5.41, 5.74) is 1.50. The van der Waals surface area contributed by atoms with Crippen LogP contribution in [0.4, 0.5) is 5.82 Å². The third-order valence-electron chi connectivity index (χ3n) is 4.46. The Balaban J connectivity index is 1.48. The topological polar surface area (TPSA) is 93.4 Å². The average molecular weight is 352 g/mol. The SMILES string of the molecule is Cc1nccc(N[C@@H]2COCC[C@@H]2NC(=O)c2ccn3cncc3c2)n1. The number of hydrogen-bond acceptors (Lipinski definition) is 6. The molecule has 0 spiro atoms. The van der Waals surface area contributed by atoms with E-state index in [4.69, 9.17) is 4.74 Å². The van der Waals surface area contributed by atoms with Gasteiger partial charge in [0, 0.05) is 24.6 Å². The summed E-state index contributed by atoms with van der Waals surface area (Å²) in [6.45, 7) is 2.97. The molecule has 1 saturated heterocycles. The van der Waals surface area contributed by atoms with Crippen LogP contribution in [-0.2, 0) is 4.74 Å². The van der Waals surface area contributed by atoms with Gasteiger partial charge in [-0.15, -0.1) is 0 Å². The fraction of sp³-hybridized carbons (Fsp3) is 0.333. The van der Waals surface area contributed by atoms with E-state index < -0.39 is 0 Å². The van der Waals surface area contributed by atoms with Gasteiger partial charge in [0.1, 0.15) is 11.6 Å². The van der Waals surface area contributed by atoms with Gasteiger partial charge in [0.05, 0.1) is 36.7 Å². The van der Waals surface area contributed by atoms with E-state index in [0.29, 0.717) is 24.6 Å². The second-order valence-corrected chi connectivity index (χ2v) is 6.32. The Morgan fingerprint density at radius 3 is 3.15 bits per heavy atom. The number of aryl methyl sites for hydroxylation is 1. The largest absolute Gasteiger partial charge is 0.379 e. The molecule has 3 aromatic heterocycles. The van der Waals surface area contributed by atoms with Gasteiger partial charge in [0.2, 0.25) is 0 Å². The van der Waals surface area contributed by atoms with E-state index in [0.717, 1.165) is 17.8 Å². The summed E-state index contributed by atoms with van der Waals surface area (Å²) in [4.78, 5) is 25.2. The van der Waals surface area contributed by atoms with Crippen molar-refractivity contribution in [3.8, 4) is 0 Å². The van der Waals surface area contributed by atoms with Crippen molar-refractivity contribution in [3.05, 3.63) is 54.5 Å². The van der Waals surface area contributed by atoms with Gasteiger partial charge in [-0.05, 0) is 31.5 Å². The van der Waals surface area contributed by atoms with E-state index in [1.807, 2.05) is 29.7 Å². The van der Waals surface area contributed by atoms with Crippen LogP contribution in [-0.4, -0.2) is 50.6 Å². The maximum atomic E-state index is 12.7. The van der Waals surface area contributed by atoms with E-state index in [1.54, 1.807) is 24.8 Å². The number of imidazole rings is 1. The van der Waals surface area contributed by atoms with Crippen LogP contribution in [0, 0.1) is 6.92 Å². The average Bonchev–Trinajstić information content (AvgIpc) is 3.11. The second-order valence-electron chi connectivity index (χ2n) is 6.32. The van der Waals surface area contributed by atoms with Crippen molar-refractivity contribution in [2.75, 3.05) is 18.5 Å². The number of aromatic nitrogens is 4. The monoisotopic (exact) mass is 352 g/mol. The maximum Gasteiger partial charge on any atom is 0.251 e. The number of carbonyl (C=O) groups is 1. The minimum atomic E-state index is -0.105. The van der Waals surface area contributed by atoms with Crippen LogP contribution in [0.5, 0.6) is 0 Å². The van der Waals surface area contributed by atoms with Gasteiger partial charge >= 0.3 is 0 Å². The highest BCUT2D eigenvalue weighted by atomic mass is 16.5. The van der Waals surface area contributed by atoms with Crippen LogP contribution in [0.1, 0.15) is 22.6 Å². The van der Waals surface area contributed by atoms with Gasteiger partial charge in [-0.1, -0.05) is 0 Å². The minimum absolute atomic E-state index is 0.0485. The number of nitrogens with one attached hydrogen (secondary N) is 2. The number of fused-ring (bicyclic) bond motifs is 1. The molecule has 0 unspecified atom stereocenters. The summed E-state index contributed by atoms with van der Waals surface area (Å²) in [5.74, 6) is 1.32. The van der Waals surface area contributed by atoms with Crippen LogP contribution in [0.15, 0.2) is 43.1 Å². The molecular formula is C18H20N6O2. The Labute approximate surface area is 150 Å². The van der Waals surface area contributed by atoms with Crippen LogP contribution < -0.4 is 10.6 Å². The predicted octanol–water partition coefficient (Wildman–Crippen LogP) is 1.43. The molecule has 0 aliphatic carbocycles. The molecule has 1 fully saturated rings. The van der Waals surface area contributed by atoms with E-state index in [1.165, 1.54) is 0 Å². The van der Waals surface area contributed by atoms with E-state index in [2.05, 4.69) is 25.6 Å². The number of carbonyl (C=O) groups excluding carboxylic acids is 1. The first-order chi connectivity index (χ1) is 12.7. The lowest BCUT2D eigenvalue weighted by Gasteiger charge is -2.33. The standard InChI is InChI=1S/C18H20N6O2/c1-12-20-5-2-17(21-12)22-16-10-26-7-4-15(16)23-18(25)13-3-6-24-11-19-9-14(24)8-13/h2-3,5-6,8-9,11,15-16H,4,7,10H2,1H3,(H,23,25)(H,20,21,22)/t15-,16+/m0/s1. The van der Waals surface area contributed by atoms with Crippen LogP contribution in [0.25, 0.3) is 5.52 Å². The molecule has 26 heavy (non-hydrogen) atoms. The van der Waals surface area contributed by atoms with Crippen molar-refractivity contribution in [3.63, 3.8) is 0 Å². The number of anilines is 1. The Hall–Kier alpha value is -3.00. The van der Waals surface area contributed by atoms with Gasteiger partial charge in [0.25, 0.3) is 5.91 Å². The molecule has 2 atom stereocenters. The molecule has 0 radical (unpaired) electrons. The fourth-order valence-electron chi connectivity index (χ4n) is 3.09. The number of pyridine rings is 1. The first-order valence-corrected chi connectivity index (χ1v) is 8.55. The van der Waals surface area contributed by atoms with Crippen molar-refractivity contribution < 1.29 is 9.53 Å². The van der Waals surface area contributed by atoms with E-state index >= 15 is 0 Å². The van der Waals surface area contributed by atoms with Crippen molar-refractivity contribution in [1.82, 2.24) is 24.7 Å². The zero-order valence-electron chi connectivity index (χ0n) is 14.4. The zero-order chi connectivity index (χ0) is 17.9. The summed E-state index contributed by atoms with van der Waals surface area (Å²) in [6.07, 6.45) is 7.72. The molecule has 0 saturated carbocycles. The highest BCUT2D eigenvalue weighted by Crippen LogP contribution is 2.15. The highest BCUT2D eigenvalue weighted by molar-refractivity contribution is 5.95. The summed E-state index contributed by atoms with van der Waals surface area (Å²) >= 11 is 0. The molecule has 0 bridgehead atoms. The molecule has 1 aliphatic heterocycles. The van der Waals surface area contributed by atoms with Gasteiger partial charge in [0.15, 0.2) is 0 Å². The van der Waals surface area contributed by atoms with Crippen molar-refractivity contribution in [2.24, 2.45) is 0 Å². The number of nitrogens with zero attached hydrogens (tertiary/aromatic N) is 4. The third kappa shape index (κ3) is 3.50. The van der Waals surface area contributed by atoms with Crippen LogP contribution in [0.3, 0.4) is 0 Å². The lowest BCUT2D eigenvalue weighted by molar-refractivity contribution is 0.0620. The molecule has 1 aliphatic rings. The smallest absolute Gasteiger partial charge is 0.251 e. The first-order valence-electron chi connectivity index (χ1n) is 8.55. The summed E-state index contributed by atoms with van der Waals surface area (Å²) in [6, 6.07) is 5.33. The molecule has 2 N–H and O–H groups in total. The minimum Gasteiger partial charge on any atom is -0.379 e. The fourth-order valence-corrected chi connectivity index (χ4v) is 3.09. The van der Waals surface area contributed by atoms with Crippen molar-refractivity contribution in [2.45, 2.75) is 25.4 Å². The summed E-state index contributed by atoms with van der Waals surface area (Å²) in [5, 5.41) is 6.47. The number of rotatable bonds is 4. The Bertz CT molecular complexity index is 925. The lowest BCUT2D eigenvalue weighted by atomic mass is 10.0. The van der Waals surface area contributed by atoms with Gasteiger partial charge in [-0.25, -0.2) is 15.0 Å². The third-order valence-corrected chi connectivity index (χ3v) is 4.46. The molecule has 134 valence electrons. The summed E-state index contributed by atoms with van der Waals surface area (Å²) < 4.78 is 7.45. The van der Waals surface area contributed by atoms with Crippen molar-refractivity contribution >= 4 is 17.2 Å². The number of ether oxygens (including phenoxy) is 1. The van der Waals surface area contributed by atoms with Gasteiger partial charge < -0.3 is 19.8 Å². The molecule has 3 aromatic rings. The van der Waals surface area contributed by atoms with Crippen LogP contribution in [0.2, 0.25) is 0 Å². The molecule has 4 heterocycles. The number of amides is 1. The highest BCUT2D eigenvalue weighted by Gasteiger charge is 2.28. The predicted molar refractivity (Wildman–Crippen MR) is 96.1 cm³/mol. The Morgan fingerprint density at radius 1 is 1.35 bits per heavy atom. The Kier molecular flexibility index (Phi) is 4.49. The van der Waals surface area contributed by atoms with Gasteiger partial charge in [-0.3, -0.25) is 4.79 Å². The molecule has 1 amide bonds. The van der Waals surface area contributed by atoms with Gasteiger partial charge in [-0.2, -0.15) is 0 Å². The zero-order valence-corrected chi connectivity index (χ0v) is 14.4. The number of hydrogen-bond donors (Lipinski definition) is 2. The van der Waals surface area contributed by atoms with Crippen molar-refractivity contribution in [1.29, 1.82) is 0 Å². The van der Waals surface area contributed by atoms with Crippen LogP contribution >= 0.6 is 0 Å². The van der Waals surface area contributed by atoms with E-state index in [9.17, 15) is 4.79 Å².